The number of hydrogen-bond acceptors (Lipinski definition) is 5. The lowest BCUT2D eigenvalue weighted by molar-refractivity contribution is 0.0599. The molecular weight excluding hydrogens is 246 g/mol. The van der Waals surface area contributed by atoms with E-state index in [0.29, 0.717) is 23.6 Å². The van der Waals surface area contributed by atoms with Crippen molar-refractivity contribution in [1.29, 1.82) is 0 Å². The number of carbonyl (C=O) groups excluding carboxylic acids is 1. The van der Waals surface area contributed by atoms with Crippen molar-refractivity contribution >= 4 is 5.97 Å². The normalized spacial score (nSPS) is 21.8. The molecule has 1 aromatic heterocycles. The molecule has 19 heavy (non-hydrogen) atoms. The maximum Gasteiger partial charge on any atom is 0.341 e. The Morgan fingerprint density at radius 2 is 2.37 bits per heavy atom. The fraction of sp³-hybridized carbons (Fsp3) is 0.500. The van der Waals surface area contributed by atoms with Gasteiger partial charge in [-0.3, -0.25) is 0 Å². The summed E-state index contributed by atoms with van der Waals surface area (Å²) < 4.78 is 10.2. The minimum Gasteiger partial charge on any atom is -0.465 e. The average molecular weight is 265 g/mol. The van der Waals surface area contributed by atoms with Crippen LogP contribution in [0.1, 0.15) is 28.3 Å². The highest BCUT2D eigenvalue weighted by Gasteiger charge is 2.19. The Morgan fingerprint density at radius 1 is 1.58 bits per heavy atom. The Hall–Kier alpha value is -1.59. The van der Waals surface area contributed by atoms with Gasteiger partial charge in [0.05, 0.1) is 13.7 Å². The summed E-state index contributed by atoms with van der Waals surface area (Å²) in [5, 5.41) is 12.4. The van der Waals surface area contributed by atoms with Gasteiger partial charge in [-0.1, -0.05) is 12.2 Å². The number of methoxy groups -OCH3 is 1. The van der Waals surface area contributed by atoms with Gasteiger partial charge in [-0.15, -0.1) is 0 Å². The van der Waals surface area contributed by atoms with Crippen LogP contribution in [0.2, 0.25) is 0 Å². The maximum absolute atomic E-state index is 11.4. The van der Waals surface area contributed by atoms with Gasteiger partial charge >= 0.3 is 5.97 Å². The number of nitrogens with one attached hydrogen (secondary N) is 1. The first-order valence-electron chi connectivity index (χ1n) is 6.34. The van der Waals surface area contributed by atoms with Gasteiger partial charge in [0.1, 0.15) is 17.1 Å². The van der Waals surface area contributed by atoms with Gasteiger partial charge in [-0.2, -0.15) is 0 Å². The van der Waals surface area contributed by atoms with Crippen LogP contribution in [0, 0.1) is 12.8 Å². The summed E-state index contributed by atoms with van der Waals surface area (Å²) in [6.07, 6.45) is 4.96. The molecule has 0 radical (unpaired) electrons. The van der Waals surface area contributed by atoms with Gasteiger partial charge in [0.2, 0.25) is 0 Å². The van der Waals surface area contributed by atoms with Crippen molar-refractivity contribution in [1.82, 2.24) is 5.32 Å². The molecule has 0 spiro atoms. The van der Waals surface area contributed by atoms with E-state index in [-0.39, 0.29) is 24.5 Å². The predicted octanol–water partition coefficient (Wildman–Crippen LogP) is 1.40. The third-order valence-electron chi connectivity index (χ3n) is 3.32. The molecule has 5 nitrogen and oxygen atoms in total. The second-order valence-electron chi connectivity index (χ2n) is 4.72. The van der Waals surface area contributed by atoms with Crippen LogP contribution in [0.4, 0.5) is 0 Å². The van der Waals surface area contributed by atoms with E-state index in [9.17, 15) is 4.79 Å². The standard InChI is InChI=1S/C14H19NO4/c1-9-13(14(17)18-2)6-12(19-9)7-15-11-4-3-10(5-11)8-16/h3-4,6,10-11,15-16H,5,7-8H2,1-2H3/t10-,11+/m0/s1. The van der Waals surface area contributed by atoms with Crippen LogP contribution in [0.3, 0.4) is 0 Å². The third kappa shape index (κ3) is 3.24. The van der Waals surface area contributed by atoms with E-state index in [1.54, 1.807) is 13.0 Å². The molecule has 104 valence electrons. The number of esters is 1. The molecule has 2 rings (SSSR count). The molecule has 1 aromatic rings. The zero-order chi connectivity index (χ0) is 13.8. The van der Waals surface area contributed by atoms with Crippen molar-refractivity contribution in [2.24, 2.45) is 5.92 Å². The molecule has 1 heterocycles. The molecule has 1 aliphatic rings. The Morgan fingerprint density at radius 3 is 3.00 bits per heavy atom. The molecule has 0 aliphatic heterocycles. The first-order valence-corrected chi connectivity index (χ1v) is 6.34. The highest BCUT2D eigenvalue weighted by atomic mass is 16.5. The van der Waals surface area contributed by atoms with Gasteiger partial charge < -0.3 is 19.6 Å². The number of hydrogen-bond donors (Lipinski definition) is 2. The fourth-order valence-electron chi connectivity index (χ4n) is 2.24. The van der Waals surface area contributed by atoms with Crippen LogP contribution in [-0.4, -0.2) is 30.8 Å². The number of furan rings is 1. The molecule has 0 saturated carbocycles. The predicted molar refractivity (Wildman–Crippen MR) is 69.7 cm³/mol. The number of aryl methyl sites for hydroxylation is 1. The van der Waals surface area contributed by atoms with E-state index >= 15 is 0 Å². The molecular formula is C14H19NO4. The Labute approximate surface area is 112 Å². The molecule has 0 amide bonds. The SMILES string of the molecule is COC(=O)c1cc(CN[C@@H]2C=C[C@H](CO)C2)oc1C. The Bertz CT molecular complexity index is 478. The Kier molecular flexibility index (Phi) is 4.39. The van der Waals surface area contributed by atoms with Crippen LogP contribution < -0.4 is 5.32 Å². The summed E-state index contributed by atoms with van der Waals surface area (Å²) in [7, 11) is 1.35. The fourth-order valence-corrected chi connectivity index (χ4v) is 2.24. The summed E-state index contributed by atoms with van der Waals surface area (Å²) in [5.41, 5.74) is 0.467. The largest absolute Gasteiger partial charge is 0.465 e. The molecule has 0 aromatic carbocycles. The van der Waals surface area contributed by atoms with E-state index < -0.39 is 0 Å². The molecule has 0 bridgehead atoms. The molecule has 1 aliphatic carbocycles. The second-order valence-corrected chi connectivity index (χ2v) is 4.72. The van der Waals surface area contributed by atoms with Crippen molar-refractivity contribution in [3.05, 3.63) is 35.3 Å². The van der Waals surface area contributed by atoms with Gasteiger partial charge in [0.25, 0.3) is 0 Å². The van der Waals surface area contributed by atoms with E-state index in [1.807, 2.05) is 6.08 Å². The van der Waals surface area contributed by atoms with Crippen molar-refractivity contribution in [2.75, 3.05) is 13.7 Å². The van der Waals surface area contributed by atoms with Gasteiger partial charge in [-0.25, -0.2) is 4.79 Å². The van der Waals surface area contributed by atoms with Crippen molar-refractivity contribution in [3.63, 3.8) is 0 Å². The lowest BCUT2D eigenvalue weighted by Gasteiger charge is -2.11. The van der Waals surface area contributed by atoms with E-state index in [2.05, 4.69) is 16.1 Å². The molecule has 2 N–H and O–H groups in total. The first-order chi connectivity index (χ1) is 9.13. The van der Waals surface area contributed by atoms with Crippen molar-refractivity contribution < 1.29 is 19.1 Å². The van der Waals surface area contributed by atoms with Crippen LogP contribution in [0.25, 0.3) is 0 Å². The molecule has 0 saturated heterocycles. The van der Waals surface area contributed by atoms with E-state index in [1.165, 1.54) is 7.11 Å². The monoisotopic (exact) mass is 265 g/mol. The number of rotatable bonds is 5. The minimum atomic E-state index is -0.381. The molecule has 0 fully saturated rings. The minimum absolute atomic E-state index is 0.182. The lowest BCUT2D eigenvalue weighted by atomic mass is 10.1. The number of aliphatic hydroxyl groups excluding tert-OH is 1. The van der Waals surface area contributed by atoms with E-state index in [4.69, 9.17) is 9.52 Å². The highest BCUT2D eigenvalue weighted by Crippen LogP contribution is 2.19. The molecule has 5 heteroatoms. The van der Waals surface area contributed by atoms with Crippen LogP contribution >= 0.6 is 0 Å². The molecule has 0 unspecified atom stereocenters. The van der Waals surface area contributed by atoms with Crippen LogP contribution in [0.5, 0.6) is 0 Å². The summed E-state index contributed by atoms with van der Waals surface area (Å²) in [4.78, 5) is 11.4. The van der Waals surface area contributed by atoms with Crippen molar-refractivity contribution in [3.8, 4) is 0 Å². The molecule has 2 atom stereocenters. The summed E-state index contributed by atoms with van der Waals surface area (Å²) in [6.45, 7) is 2.47. The summed E-state index contributed by atoms with van der Waals surface area (Å²) in [6, 6.07) is 1.94. The Balaban J connectivity index is 1.90. The van der Waals surface area contributed by atoms with Gasteiger partial charge in [0, 0.05) is 18.6 Å². The van der Waals surface area contributed by atoms with Gasteiger partial charge in [0.15, 0.2) is 0 Å². The number of ether oxygens (including phenoxy) is 1. The van der Waals surface area contributed by atoms with E-state index in [0.717, 1.165) is 6.42 Å². The topological polar surface area (TPSA) is 71.7 Å². The second kappa shape index (κ2) is 6.04. The van der Waals surface area contributed by atoms with Gasteiger partial charge in [-0.05, 0) is 19.4 Å². The lowest BCUT2D eigenvalue weighted by Crippen LogP contribution is -2.25. The zero-order valence-corrected chi connectivity index (χ0v) is 11.2. The van der Waals surface area contributed by atoms with Crippen LogP contribution in [0.15, 0.2) is 22.6 Å². The smallest absolute Gasteiger partial charge is 0.341 e. The number of aliphatic hydroxyl groups is 1. The summed E-state index contributed by atoms with van der Waals surface area (Å²) >= 11 is 0. The van der Waals surface area contributed by atoms with Crippen LogP contribution in [-0.2, 0) is 11.3 Å². The average Bonchev–Trinajstić information content (AvgIpc) is 3.01. The number of carbonyl (C=O) groups is 1. The van der Waals surface area contributed by atoms with Crippen molar-refractivity contribution in [2.45, 2.75) is 25.9 Å². The quantitative estimate of drug-likeness (QED) is 0.622. The highest BCUT2D eigenvalue weighted by molar-refractivity contribution is 5.90. The maximum atomic E-state index is 11.4. The first kappa shape index (κ1) is 13.8. The third-order valence-corrected chi connectivity index (χ3v) is 3.32. The summed E-state index contributed by atoms with van der Waals surface area (Å²) in [5.74, 6) is 1.13. The zero-order valence-electron chi connectivity index (χ0n) is 11.2.